The van der Waals surface area contributed by atoms with E-state index < -0.39 is 17.7 Å². The first-order valence-electron chi connectivity index (χ1n) is 10.7. The Morgan fingerprint density at radius 3 is 2.38 bits per heavy atom. The number of methoxy groups -OCH3 is 1. The zero-order valence-electron chi connectivity index (χ0n) is 18.8. The van der Waals surface area contributed by atoms with Gasteiger partial charge in [-0.1, -0.05) is 19.9 Å². The summed E-state index contributed by atoms with van der Waals surface area (Å²) in [6.45, 7) is 6.69. The highest BCUT2D eigenvalue weighted by Gasteiger charge is 2.45. The third-order valence-electron chi connectivity index (χ3n) is 5.43. The number of ether oxygens (including phenoxy) is 2. The highest BCUT2D eigenvalue weighted by Crippen LogP contribution is 2.42. The first kappa shape index (κ1) is 23.2. The van der Waals surface area contributed by atoms with Crippen molar-refractivity contribution in [3.8, 4) is 17.2 Å². The summed E-state index contributed by atoms with van der Waals surface area (Å²) in [6, 6.07) is 9.04. The summed E-state index contributed by atoms with van der Waals surface area (Å²) >= 11 is 0. The molecule has 7 nitrogen and oxygen atoms in total. The van der Waals surface area contributed by atoms with Gasteiger partial charge in [-0.3, -0.25) is 9.59 Å². The topological polar surface area (TPSA) is 96.3 Å². The fraction of sp³-hybridized carbons (Fsp3) is 0.360. The maximum Gasteiger partial charge on any atom is 0.295 e. The number of carbonyl (C=O) groups excluding carboxylic acids is 2. The van der Waals surface area contributed by atoms with Crippen molar-refractivity contribution in [2.75, 3.05) is 20.3 Å². The number of aliphatic hydroxyl groups excluding tert-OH is 1. The van der Waals surface area contributed by atoms with Gasteiger partial charge in [-0.25, -0.2) is 0 Å². The van der Waals surface area contributed by atoms with Crippen LogP contribution >= 0.6 is 0 Å². The summed E-state index contributed by atoms with van der Waals surface area (Å²) in [5.74, 6) is -0.813. The average molecular weight is 440 g/mol. The average Bonchev–Trinajstić information content (AvgIpc) is 3.03. The Hall–Kier alpha value is -3.48. The van der Waals surface area contributed by atoms with Crippen LogP contribution in [0.15, 0.2) is 42.0 Å². The lowest BCUT2D eigenvalue weighted by molar-refractivity contribution is -0.139. The molecule has 170 valence electrons. The van der Waals surface area contributed by atoms with Crippen molar-refractivity contribution in [3.05, 3.63) is 58.7 Å². The molecular weight excluding hydrogens is 410 g/mol. The minimum Gasteiger partial charge on any atom is -0.507 e. The molecule has 3 rings (SSSR count). The van der Waals surface area contributed by atoms with Crippen LogP contribution in [0.2, 0.25) is 0 Å². The van der Waals surface area contributed by atoms with E-state index in [1.54, 1.807) is 30.3 Å². The second kappa shape index (κ2) is 9.77. The number of aliphatic hydroxyl groups is 1. The summed E-state index contributed by atoms with van der Waals surface area (Å²) in [7, 11) is 1.44. The summed E-state index contributed by atoms with van der Waals surface area (Å²) in [4.78, 5) is 27.2. The van der Waals surface area contributed by atoms with Crippen LogP contribution in [-0.2, 0) is 9.59 Å². The Morgan fingerprint density at radius 2 is 1.78 bits per heavy atom. The minimum absolute atomic E-state index is 0.00496. The molecule has 32 heavy (non-hydrogen) atoms. The molecule has 0 bridgehead atoms. The maximum absolute atomic E-state index is 13.0. The number of ketones is 1. The molecule has 1 aliphatic rings. The van der Waals surface area contributed by atoms with Crippen LogP contribution in [0.5, 0.6) is 17.2 Å². The number of phenolic OH excluding ortho intramolecular Hbond substituents is 1. The fourth-order valence-electron chi connectivity index (χ4n) is 3.90. The van der Waals surface area contributed by atoms with E-state index >= 15 is 0 Å². The number of amides is 1. The van der Waals surface area contributed by atoms with Gasteiger partial charge in [0.2, 0.25) is 0 Å². The van der Waals surface area contributed by atoms with Crippen LogP contribution in [0.4, 0.5) is 0 Å². The van der Waals surface area contributed by atoms with Crippen molar-refractivity contribution in [1.29, 1.82) is 0 Å². The van der Waals surface area contributed by atoms with E-state index in [9.17, 15) is 19.8 Å². The molecule has 0 aliphatic carbocycles. The summed E-state index contributed by atoms with van der Waals surface area (Å²) in [5, 5.41) is 21.4. The van der Waals surface area contributed by atoms with Crippen LogP contribution in [0.25, 0.3) is 5.76 Å². The largest absolute Gasteiger partial charge is 0.507 e. The number of phenols is 1. The molecule has 1 aliphatic heterocycles. The van der Waals surface area contributed by atoms with E-state index in [4.69, 9.17) is 9.47 Å². The number of hydrogen-bond acceptors (Lipinski definition) is 6. The third-order valence-corrected chi connectivity index (χ3v) is 5.43. The summed E-state index contributed by atoms with van der Waals surface area (Å²) in [6.07, 6.45) is 1.50. The van der Waals surface area contributed by atoms with Gasteiger partial charge in [-0.15, -0.1) is 0 Å². The van der Waals surface area contributed by atoms with Crippen molar-refractivity contribution in [2.24, 2.45) is 0 Å². The number of aryl methyl sites for hydroxylation is 1. The van der Waals surface area contributed by atoms with Gasteiger partial charge in [0.05, 0.1) is 25.3 Å². The van der Waals surface area contributed by atoms with Crippen molar-refractivity contribution in [2.45, 2.75) is 39.7 Å². The lowest BCUT2D eigenvalue weighted by Crippen LogP contribution is -2.30. The standard InChI is InChI=1S/C25H29NO6/c1-5-11-26-22(16-7-10-20(31-4)18(27)14-16)21(24(29)25(26)30)23(28)17-8-9-19(15(3)13-17)32-12-6-2/h7-10,13-14,22,27-28H,5-6,11-12H2,1-4H3/b23-21-. The quantitative estimate of drug-likeness (QED) is 0.361. The van der Waals surface area contributed by atoms with Crippen molar-refractivity contribution in [1.82, 2.24) is 4.90 Å². The van der Waals surface area contributed by atoms with Crippen molar-refractivity contribution >= 4 is 17.4 Å². The molecule has 1 saturated heterocycles. The van der Waals surface area contributed by atoms with Crippen LogP contribution in [-0.4, -0.2) is 47.1 Å². The Kier molecular flexibility index (Phi) is 7.08. The summed E-state index contributed by atoms with van der Waals surface area (Å²) in [5.41, 5.74) is 1.74. The number of benzene rings is 2. The Bertz CT molecular complexity index is 1060. The molecule has 1 unspecified atom stereocenters. The first-order chi connectivity index (χ1) is 15.3. The van der Waals surface area contributed by atoms with Crippen molar-refractivity contribution in [3.63, 3.8) is 0 Å². The molecular formula is C25H29NO6. The van der Waals surface area contributed by atoms with Gasteiger partial charge in [0, 0.05) is 12.1 Å². The van der Waals surface area contributed by atoms with E-state index in [-0.39, 0.29) is 22.8 Å². The second-order valence-corrected chi connectivity index (χ2v) is 7.75. The molecule has 1 atom stereocenters. The second-order valence-electron chi connectivity index (χ2n) is 7.75. The number of nitrogens with zero attached hydrogens (tertiary/aromatic N) is 1. The van der Waals surface area contributed by atoms with Crippen molar-refractivity contribution < 1.29 is 29.3 Å². The highest BCUT2D eigenvalue weighted by atomic mass is 16.5. The number of likely N-dealkylation sites (tertiary alicyclic amines) is 1. The lowest BCUT2D eigenvalue weighted by atomic mass is 9.94. The maximum atomic E-state index is 13.0. The molecule has 0 aromatic heterocycles. The molecule has 0 saturated carbocycles. The van der Waals surface area contributed by atoms with Crippen LogP contribution < -0.4 is 9.47 Å². The van der Waals surface area contributed by atoms with Gasteiger partial charge in [0.1, 0.15) is 11.5 Å². The number of aromatic hydroxyl groups is 1. The van der Waals surface area contributed by atoms with Crippen LogP contribution in [0.1, 0.15) is 49.4 Å². The molecule has 0 radical (unpaired) electrons. The minimum atomic E-state index is -0.817. The number of carbonyl (C=O) groups is 2. The summed E-state index contributed by atoms with van der Waals surface area (Å²) < 4.78 is 10.8. The van der Waals surface area contributed by atoms with E-state index in [1.165, 1.54) is 18.1 Å². The molecule has 0 spiro atoms. The molecule has 1 heterocycles. The molecule has 1 fully saturated rings. The number of hydrogen-bond donors (Lipinski definition) is 2. The predicted octanol–water partition coefficient (Wildman–Crippen LogP) is 4.33. The van der Waals surface area contributed by atoms with Gasteiger partial charge < -0.3 is 24.6 Å². The molecule has 2 aromatic carbocycles. The third kappa shape index (κ3) is 4.28. The number of rotatable bonds is 8. The zero-order valence-corrected chi connectivity index (χ0v) is 18.8. The van der Waals surface area contributed by atoms with E-state index in [2.05, 4.69) is 0 Å². The molecule has 1 amide bonds. The molecule has 2 N–H and O–H groups in total. The highest BCUT2D eigenvalue weighted by molar-refractivity contribution is 6.46. The Labute approximate surface area is 187 Å². The van der Waals surface area contributed by atoms with Gasteiger partial charge in [-0.05, 0) is 61.2 Å². The smallest absolute Gasteiger partial charge is 0.295 e. The van der Waals surface area contributed by atoms with Gasteiger partial charge in [-0.2, -0.15) is 0 Å². The molecule has 2 aromatic rings. The van der Waals surface area contributed by atoms with Gasteiger partial charge >= 0.3 is 0 Å². The van der Waals surface area contributed by atoms with E-state index in [1.807, 2.05) is 20.8 Å². The van der Waals surface area contributed by atoms with Gasteiger partial charge in [0.25, 0.3) is 11.7 Å². The lowest BCUT2D eigenvalue weighted by Gasteiger charge is -2.25. The normalized spacial score (nSPS) is 17.6. The van der Waals surface area contributed by atoms with E-state index in [0.717, 1.165) is 12.0 Å². The Morgan fingerprint density at radius 1 is 1.06 bits per heavy atom. The van der Waals surface area contributed by atoms with Crippen LogP contribution in [0.3, 0.4) is 0 Å². The zero-order chi connectivity index (χ0) is 23.4. The molecule has 7 heteroatoms. The fourth-order valence-corrected chi connectivity index (χ4v) is 3.90. The van der Waals surface area contributed by atoms with Crippen LogP contribution in [0, 0.1) is 6.92 Å². The SMILES string of the molecule is CCCOc1ccc(/C(O)=C2/C(=O)C(=O)N(CCC)C2c2ccc(OC)c(O)c2)cc1C. The van der Waals surface area contributed by atoms with E-state index in [0.29, 0.717) is 36.4 Å². The predicted molar refractivity (Wildman–Crippen MR) is 121 cm³/mol. The first-order valence-corrected chi connectivity index (χ1v) is 10.7. The monoisotopic (exact) mass is 439 g/mol. The number of Topliss-reactive ketones (excluding diaryl/α,β-unsaturated/α-hetero) is 1. The Balaban J connectivity index is 2.13. The van der Waals surface area contributed by atoms with Gasteiger partial charge in [0.15, 0.2) is 11.5 Å².